The summed E-state index contributed by atoms with van der Waals surface area (Å²) in [6, 6.07) is 12.9. The van der Waals surface area contributed by atoms with Gasteiger partial charge in [-0.05, 0) is 56.0 Å². The van der Waals surface area contributed by atoms with Crippen molar-refractivity contribution in [3.05, 3.63) is 53.6 Å². The first kappa shape index (κ1) is 18.1. The largest absolute Gasteiger partial charge is 0.493 e. The lowest BCUT2D eigenvalue weighted by molar-refractivity contribution is 0.0950. The zero-order valence-corrected chi connectivity index (χ0v) is 15.3. The fraction of sp³-hybridized carbons (Fsp3) is 0.381. The predicted octanol–water partition coefficient (Wildman–Crippen LogP) is 3.96. The Morgan fingerprint density at radius 1 is 1.04 bits per heavy atom. The first-order valence-electron chi connectivity index (χ1n) is 8.96. The monoisotopic (exact) mass is 355 g/mol. The molecule has 1 aliphatic carbocycles. The first-order valence-corrected chi connectivity index (χ1v) is 8.96. The van der Waals surface area contributed by atoms with Crippen molar-refractivity contribution < 1.29 is 19.0 Å². The predicted molar refractivity (Wildman–Crippen MR) is 100 cm³/mol. The van der Waals surface area contributed by atoms with E-state index in [4.69, 9.17) is 14.2 Å². The van der Waals surface area contributed by atoms with Crippen LogP contribution in [0.15, 0.2) is 42.5 Å². The minimum Gasteiger partial charge on any atom is -0.493 e. The Morgan fingerprint density at radius 3 is 2.42 bits per heavy atom. The molecule has 0 bridgehead atoms. The molecule has 0 aromatic heterocycles. The second kappa shape index (κ2) is 8.61. The van der Waals surface area contributed by atoms with Gasteiger partial charge in [-0.15, -0.1) is 0 Å². The highest BCUT2D eigenvalue weighted by Gasteiger charge is 2.17. The van der Waals surface area contributed by atoms with Gasteiger partial charge in [0.2, 0.25) is 0 Å². The van der Waals surface area contributed by atoms with Crippen LogP contribution < -0.4 is 19.5 Å². The molecular weight excluding hydrogens is 330 g/mol. The summed E-state index contributed by atoms with van der Waals surface area (Å²) >= 11 is 0. The van der Waals surface area contributed by atoms with Crippen LogP contribution in [0.1, 0.15) is 41.6 Å². The maximum Gasteiger partial charge on any atom is 0.251 e. The van der Waals surface area contributed by atoms with Crippen LogP contribution in [0.2, 0.25) is 0 Å². The van der Waals surface area contributed by atoms with Gasteiger partial charge in [-0.25, -0.2) is 0 Å². The molecule has 0 spiro atoms. The van der Waals surface area contributed by atoms with E-state index in [1.54, 1.807) is 26.4 Å². The first-order chi connectivity index (χ1) is 12.7. The molecule has 138 valence electrons. The molecule has 2 aromatic carbocycles. The van der Waals surface area contributed by atoms with Crippen LogP contribution in [-0.2, 0) is 6.54 Å². The molecule has 1 N–H and O–H groups in total. The van der Waals surface area contributed by atoms with Gasteiger partial charge in [0.05, 0.1) is 20.3 Å². The van der Waals surface area contributed by atoms with E-state index < -0.39 is 0 Å². The Hall–Kier alpha value is -2.69. The number of carbonyl (C=O) groups is 1. The van der Waals surface area contributed by atoms with Crippen LogP contribution in [-0.4, -0.2) is 26.2 Å². The zero-order chi connectivity index (χ0) is 18.4. The molecule has 5 heteroatoms. The molecular formula is C21H25NO4. The number of methoxy groups -OCH3 is 2. The lowest BCUT2D eigenvalue weighted by Gasteiger charge is -2.14. The molecule has 0 aliphatic heterocycles. The van der Waals surface area contributed by atoms with Gasteiger partial charge in [-0.3, -0.25) is 4.79 Å². The van der Waals surface area contributed by atoms with E-state index in [0.717, 1.165) is 24.2 Å². The second-order valence-electron chi connectivity index (χ2n) is 6.38. The number of rotatable bonds is 7. The molecule has 1 fully saturated rings. The van der Waals surface area contributed by atoms with Gasteiger partial charge in [0.25, 0.3) is 5.91 Å². The third-order valence-electron chi connectivity index (χ3n) is 4.65. The van der Waals surface area contributed by atoms with Gasteiger partial charge in [-0.2, -0.15) is 0 Å². The van der Waals surface area contributed by atoms with Gasteiger partial charge in [0.15, 0.2) is 11.5 Å². The number of para-hydroxylation sites is 1. The van der Waals surface area contributed by atoms with Crippen LogP contribution in [0, 0.1) is 0 Å². The molecule has 2 aromatic rings. The van der Waals surface area contributed by atoms with Gasteiger partial charge in [-0.1, -0.05) is 12.1 Å². The van der Waals surface area contributed by atoms with Gasteiger partial charge >= 0.3 is 0 Å². The van der Waals surface area contributed by atoms with E-state index in [1.807, 2.05) is 30.3 Å². The number of carbonyl (C=O) groups excluding carboxylic acids is 1. The van der Waals surface area contributed by atoms with Crippen molar-refractivity contribution in [2.45, 2.75) is 38.3 Å². The Kier molecular flexibility index (Phi) is 6.00. The fourth-order valence-corrected chi connectivity index (χ4v) is 3.25. The molecule has 0 unspecified atom stereocenters. The Balaban J connectivity index is 1.60. The van der Waals surface area contributed by atoms with Gasteiger partial charge in [0, 0.05) is 17.7 Å². The van der Waals surface area contributed by atoms with Crippen LogP contribution in [0.3, 0.4) is 0 Å². The summed E-state index contributed by atoms with van der Waals surface area (Å²) < 4.78 is 16.6. The molecule has 1 amide bonds. The molecule has 26 heavy (non-hydrogen) atoms. The molecule has 1 saturated carbocycles. The van der Waals surface area contributed by atoms with Crippen molar-refractivity contribution >= 4 is 5.91 Å². The van der Waals surface area contributed by atoms with Gasteiger partial charge < -0.3 is 19.5 Å². The van der Waals surface area contributed by atoms with Gasteiger partial charge in [0.1, 0.15) is 5.75 Å². The molecule has 3 rings (SSSR count). The maximum atomic E-state index is 12.4. The van der Waals surface area contributed by atoms with E-state index in [0.29, 0.717) is 29.7 Å². The summed E-state index contributed by atoms with van der Waals surface area (Å²) in [5.41, 5.74) is 1.46. The third-order valence-corrected chi connectivity index (χ3v) is 4.65. The van der Waals surface area contributed by atoms with E-state index in [9.17, 15) is 4.79 Å². The van der Waals surface area contributed by atoms with Crippen LogP contribution in [0.4, 0.5) is 0 Å². The lowest BCUT2D eigenvalue weighted by atomic mass is 10.1. The number of hydrogen-bond acceptors (Lipinski definition) is 4. The summed E-state index contributed by atoms with van der Waals surface area (Å²) in [5.74, 6) is 1.97. The molecule has 1 aliphatic rings. The van der Waals surface area contributed by atoms with Crippen molar-refractivity contribution in [1.29, 1.82) is 0 Å². The van der Waals surface area contributed by atoms with Crippen LogP contribution in [0.25, 0.3) is 0 Å². The lowest BCUT2D eigenvalue weighted by Crippen LogP contribution is -2.23. The number of hydrogen-bond donors (Lipinski definition) is 1. The van der Waals surface area contributed by atoms with Crippen LogP contribution >= 0.6 is 0 Å². The Labute approximate surface area is 154 Å². The Morgan fingerprint density at radius 2 is 1.77 bits per heavy atom. The summed E-state index contributed by atoms with van der Waals surface area (Å²) in [6.45, 7) is 0.361. The number of amides is 1. The quantitative estimate of drug-likeness (QED) is 0.817. The topological polar surface area (TPSA) is 56.8 Å². The normalized spacial score (nSPS) is 14.1. The van der Waals surface area contributed by atoms with E-state index in [-0.39, 0.29) is 5.91 Å². The molecule has 5 nitrogen and oxygen atoms in total. The van der Waals surface area contributed by atoms with Crippen molar-refractivity contribution in [3.63, 3.8) is 0 Å². The average Bonchev–Trinajstić information content (AvgIpc) is 3.19. The summed E-state index contributed by atoms with van der Waals surface area (Å²) in [4.78, 5) is 12.4. The maximum absolute atomic E-state index is 12.4. The second-order valence-corrected chi connectivity index (χ2v) is 6.38. The third kappa shape index (κ3) is 4.28. The summed E-state index contributed by atoms with van der Waals surface area (Å²) in [7, 11) is 3.18. The van der Waals surface area contributed by atoms with Crippen molar-refractivity contribution in [2.75, 3.05) is 14.2 Å². The smallest absolute Gasteiger partial charge is 0.251 e. The van der Waals surface area contributed by atoms with E-state index in [1.165, 1.54) is 12.8 Å². The molecule has 0 radical (unpaired) electrons. The average molecular weight is 355 g/mol. The minimum absolute atomic E-state index is 0.137. The molecule has 0 atom stereocenters. The van der Waals surface area contributed by atoms with Crippen molar-refractivity contribution in [2.24, 2.45) is 0 Å². The van der Waals surface area contributed by atoms with E-state index >= 15 is 0 Å². The van der Waals surface area contributed by atoms with Crippen molar-refractivity contribution in [3.8, 4) is 17.2 Å². The fourth-order valence-electron chi connectivity index (χ4n) is 3.25. The summed E-state index contributed by atoms with van der Waals surface area (Å²) in [6.07, 6.45) is 5.02. The van der Waals surface area contributed by atoms with E-state index in [2.05, 4.69) is 5.32 Å². The Bertz CT molecular complexity index is 736. The number of benzene rings is 2. The minimum atomic E-state index is -0.137. The van der Waals surface area contributed by atoms with Crippen molar-refractivity contribution in [1.82, 2.24) is 5.32 Å². The standard InChI is InChI=1S/C21H25NO4/c1-24-19-9-5-6-16(20(19)25-2)14-22-21(23)15-10-12-18(13-11-15)26-17-7-3-4-8-17/h5-6,9-13,17H,3-4,7-8,14H2,1-2H3,(H,22,23). The highest BCUT2D eigenvalue weighted by Crippen LogP contribution is 2.30. The highest BCUT2D eigenvalue weighted by atomic mass is 16.5. The zero-order valence-electron chi connectivity index (χ0n) is 15.3. The molecule has 0 saturated heterocycles. The number of ether oxygens (including phenoxy) is 3. The highest BCUT2D eigenvalue weighted by molar-refractivity contribution is 5.94. The number of nitrogens with one attached hydrogen (secondary N) is 1. The van der Waals surface area contributed by atoms with Crippen LogP contribution in [0.5, 0.6) is 17.2 Å². The molecule has 0 heterocycles. The SMILES string of the molecule is COc1cccc(CNC(=O)c2ccc(OC3CCCC3)cc2)c1OC. The summed E-state index contributed by atoms with van der Waals surface area (Å²) in [5, 5.41) is 2.92.